The van der Waals surface area contributed by atoms with Crippen LogP contribution in [0.2, 0.25) is 0 Å². The van der Waals surface area contributed by atoms with Crippen LogP contribution < -0.4 is 4.90 Å². The van der Waals surface area contributed by atoms with Gasteiger partial charge in [0.1, 0.15) is 0 Å². The van der Waals surface area contributed by atoms with Crippen molar-refractivity contribution in [3.8, 4) is 33.4 Å². The molecule has 0 N–H and O–H groups in total. The molecule has 56 heavy (non-hydrogen) atoms. The molecule has 0 fully saturated rings. The van der Waals surface area contributed by atoms with E-state index in [2.05, 4.69) is 219 Å². The summed E-state index contributed by atoms with van der Waals surface area (Å²) in [5, 5.41) is 10.2. The molecule has 10 aromatic rings. The molecule has 0 bridgehead atoms. The molecule has 264 valence electrons. The average molecular weight is 714 g/mol. The molecule has 0 aromatic heterocycles. The van der Waals surface area contributed by atoms with Crippen molar-refractivity contribution in [2.45, 2.75) is 19.3 Å². The molecule has 11 rings (SSSR count). The molecule has 1 heteroatoms. The molecule has 10 aromatic carbocycles. The predicted octanol–water partition coefficient (Wildman–Crippen LogP) is 15.4. The Kier molecular flexibility index (Phi) is 7.28. The summed E-state index contributed by atoms with van der Waals surface area (Å²) < 4.78 is 0. The number of nitrogens with zero attached hydrogens (tertiary/aromatic N) is 1. The average Bonchev–Trinajstić information content (AvgIpc) is 3.50. The molecule has 1 aliphatic carbocycles. The van der Waals surface area contributed by atoms with E-state index >= 15 is 0 Å². The third kappa shape index (κ3) is 4.94. The third-order valence-electron chi connectivity index (χ3n) is 12.2. The van der Waals surface area contributed by atoms with Gasteiger partial charge in [0.2, 0.25) is 0 Å². The second-order valence-electron chi connectivity index (χ2n) is 15.7. The summed E-state index contributed by atoms with van der Waals surface area (Å²) in [5.41, 5.74) is 13.6. The summed E-state index contributed by atoms with van der Waals surface area (Å²) in [6, 6.07) is 73.9. The molecule has 0 heterocycles. The fraction of sp³-hybridized carbons (Fsp3) is 0.0545. The molecule has 0 unspecified atom stereocenters. The maximum absolute atomic E-state index is 2.48. The van der Waals surface area contributed by atoms with Crippen LogP contribution in [0.3, 0.4) is 0 Å². The van der Waals surface area contributed by atoms with Gasteiger partial charge in [-0.2, -0.15) is 0 Å². The van der Waals surface area contributed by atoms with E-state index in [1.807, 2.05) is 0 Å². The molecule has 1 nitrogen and oxygen atoms in total. The molecule has 1 aliphatic rings. The zero-order valence-electron chi connectivity index (χ0n) is 31.5. The standard InChI is InChI=1S/C55H39N/c1-55(2)51-25-12-11-23-49(51)53-52(35-40-16-5-8-20-46(40)54(53)55)56(41-30-26-37(27-31-41)44-24-13-17-36-14-3-6-18-43(36)44)42-32-28-38(29-33-42)50-34-39-15-4-7-19-45(39)47-21-9-10-22-48(47)50/h3-35H,1-2H3. The smallest absolute Gasteiger partial charge is 0.0549 e. The van der Waals surface area contributed by atoms with Gasteiger partial charge in [-0.05, 0) is 118 Å². The lowest BCUT2D eigenvalue weighted by atomic mass is 9.80. The number of hydrogen-bond acceptors (Lipinski definition) is 1. The number of benzene rings is 10. The lowest BCUT2D eigenvalue weighted by Crippen LogP contribution is -2.16. The maximum atomic E-state index is 2.48. The summed E-state index contributed by atoms with van der Waals surface area (Å²) in [6.07, 6.45) is 0. The topological polar surface area (TPSA) is 3.24 Å². The normalized spacial score (nSPS) is 13.0. The minimum Gasteiger partial charge on any atom is -0.310 e. The van der Waals surface area contributed by atoms with Gasteiger partial charge < -0.3 is 4.90 Å². The zero-order chi connectivity index (χ0) is 37.4. The highest BCUT2D eigenvalue weighted by Gasteiger charge is 2.39. The first kappa shape index (κ1) is 32.5. The molecule has 0 spiro atoms. The van der Waals surface area contributed by atoms with E-state index in [1.54, 1.807) is 0 Å². The van der Waals surface area contributed by atoms with Crippen molar-refractivity contribution in [1.29, 1.82) is 0 Å². The summed E-state index contributed by atoms with van der Waals surface area (Å²) in [7, 11) is 0. The summed E-state index contributed by atoms with van der Waals surface area (Å²) in [6.45, 7) is 4.78. The van der Waals surface area contributed by atoms with Crippen molar-refractivity contribution >= 4 is 60.2 Å². The van der Waals surface area contributed by atoms with Crippen molar-refractivity contribution in [2.24, 2.45) is 0 Å². The maximum Gasteiger partial charge on any atom is 0.0549 e. The van der Waals surface area contributed by atoms with Crippen LogP contribution in [0.15, 0.2) is 200 Å². The van der Waals surface area contributed by atoms with Crippen molar-refractivity contribution in [1.82, 2.24) is 0 Å². The highest BCUT2D eigenvalue weighted by atomic mass is 15.1. The molecule has 0 radical (unpaired) electrons. The van der Waals surface area contributed by atoms with Gasteiger partial charge in [0, 0.05) is 22.4 Å². The van der Waals surface area contributed by atoms with Crippen LogP contribution in [0.25, 0.3) is 76.5 Å². The van der Waals surface area contributed by atoms with E-state index in [0.717, 1.165) is 11.4 Å². The van der Waals surface area contributed by atoms with Crippen molar-refractivity contribution < 1.29 is 0 Å². The Morgan fingerprint density at radius 3 is 1.57 bits per heavy atom. The molecule has 0 saturated carbocycles. The first-order valence-corrected chi connectivity index (χ1v) is 19.6. The van der Waals surface area contributed by atoms with Gasteiger partial charge >= 0.3 is 0 Å². The first-order valence-electron chi connectivity index (χ1n) is 19.6. The second-order valence-corrected chi connectivity index (χ2v) is 15.7. The van der Waals surface area contributed by atoms with Crippen LogP contribution >= 0.6 is 0 Å². The fourth-order valence-corrected chi connectivity index (χ4v) is 9.59. The number of anilines is 3. The first-order chi connectivity index (χ1) is 27.5. The lowest BCUT2D eigenvalue weighted by Gasteiger charge is -2.30. The monoisotopic (exact) mass is 713 g/mol. The van der Waals surface area contributed by atoms with Gasteiger partial charge in [-0.15, -0.1) is 0 Å². The van der Waals surface area contributed by atoms with Gasteiger partial charge in [-0.25, -0.2) is 0 Å². The van der Waals surface area contributed by atoms with Crippen LogP contribution in [0.1, 0.15) is 25.0 Å². The van der Waals surface area contributed by atoms with Crippen LogP contribution in [0, 0.1) is 0 Å². The molecule has 0 amide bonds. The number of rotatable bonds is 5. The Labute approximate surface area is 327 Å². The zero-order valence-corrected chi connectivity index (χ0v) is 31.5. The van der Waals surface area contributed by atoms with E-state index in [9.17, 15) is 0 Å². The van der Waals surface area contributed by atoms with E-state index in [0.29, 0.717) is 0 Å². The Hall–Kier alpha value is -6.96. The van der Waals surface area contributed by atoms with Gasteiger partial charge in [-0.3, -0.25) is 0 Å². The molecular formula is C55H39N. The third-order valence-corrected chi connectivity index (χ3v) is 12.2. The van der Waals surface area contributed by atoms with Crippen molar-refractivity contribution in [3.05, 3.63) is 211 Å². The minimum atomic E-state index is -0.160. The molecule has 0 aliphatic heterocycles. The highest BCUT2D eigenvalue weighted by molar-refractivity contribution is 6.14. The quantitative estimate of drug-likeness (QED) is 0.161. The van der Waals surface area contributed by atoms with Crippen molar-refractivity contribution in [3.63, 3.8) is 0 Å². The van der Waals surface area contributed by atoms with Crippen LogP contribution in [0.5, 0.6) is 0 Å². The molecular weight excluding hydrogens is 675 g/mol. The Morgan fingerprint density at radius 1 is 0.357 bits per heavy atom. The summed E-state index contributed by atoms with van der Waals surface area (Å²) in [4.78, 5) is 2.48. The van der Waals surface area contributed by atoms with Gasteiger partial charge in [0.25, 0.3) is 0 Å². The second kappa shape index (κ2) is 12.5. The Morgan fingerprint density at radius 2 is 0.857 bits per heavy atom. The highest BCUT2D eigenvalue weighted by Crippen LogP contribution is 2.57. The summed E-state index contributed by atoms with van der Waals surface area (Å²) in [5.74, 6) is 0. The Balaban J connectivity index is 1.13. The Bertz CT molecular complexity index is 3150. The summed E-state index contributed by atoms with van der Waals surface area (Å²) >= 11 is 0. The van der Waals surface area contributed by atoms with E-state index < -0.39 is 0 Å². The predicted molar refractivity (Wildman–Crippen MR) is 240 cm³/mol. The van der Waals surface area contributed by atoms with E-state index in [4.69, 9.17) is 0 Å². The largest absolute Gasteiger partial charge is 0.310 e. The SMILES string of the molecule is CC1(C)c2ccccc2-c2c(N(c3ccc(-c4cccc5ccccc45)cc3)c3ccc(-c4cc5ccccc5c5ccccc45)cc3)cc3ccccc3c21. The number of fused-ring (bicyclic) bond motifs is 9. The van der Waals surface area contributed by atoms with E-state index in [1.165, 1.54) is 93.3 Å². The fourth-order valence-electron chi connectivity index (χ4n) is 9.59. The van der Waals surface area contributed by atoms with Gasteiger partial charge in [0.15, 0.2) is 0 Å². The van der Waals surface area contributed by atoms with Crippen molar-refractivity contribution in [2.75, 3.05) is 4.90 Å². The molecule has 0 saturated heterocycles. The van der Waals surface area contributed by atoms with Crippen LogP contribution in [-0.4, -0.2) is 0 Å². The molecule has 0 atom stereocenters. The lowest BCUT2D eigenvalue weighted by molar-refractivity contribution is 0.666. The van der Waals surface area contributed by atoms with Crippen LogP contribution in [-0.2, 0) is 5.41 Å². The van der Waals surface area contributed by atoms with E-state index in [-0.39, 0.29) is 5.41 Å². The van der Waals surface area contributed by atoms with Gasteiger partial charge in [0.05, 0.1) is 5.69 Å². The van der Waals surface area contributed by atoms with Gasteiger partial charge in [-0.1, -0.05) is 178 Å². The minimum absolute atomic E-state index is 0.160. The number of hydrogen-bond donors (Lipinski definition) is 0. The van der Waals surface area contributed by atoms with Crippen LogP contribution in [0.4, 0.5) is 17.1 Å².